The molecule has 116 valence electrons. The van der Waals surface area contributed by atoms with E-state index < -0.39 is 37.1 Å². The number of esters is 1. The van der Waals surface area contributed by atoms with E-state index in [9.17, 15) is 15.0 Å². The third-order valence-corrected chi connectivity index (χ3v) is 3.30. The minimum atomic E-state index is -1.32. The third kappa shape index (κ3) is 3.06. The molecule has 0 amide bonds. The molecule has 9 nitrogen and oxygen atoms in total. The number of hydrogen-bond donors (Lipinski definition) is 4. The van der Waals surface area contributed by atoms with Crippen molar-refractivity contribution in [2.45, 2.75) is 24.5 Å². The van der Waals surface area contributed by atoms with Gasteiger partial charge in [-0.25, -0.2) is 14.8 Å². The van der Waals surface area contributed by atoms with Crippen molar-refractivity contribution in [3.8, 4) is 0 Å². The topological polar surface area (TPSA) is 134 Å². The van der Waals surface area contributed by atoms with Gasteiger partial charge in [0, 0.05) is 0 Å². The number of hydrogen-bond acceptors (Lipinski definition) is 9. The van der Waals surface area contributed by atoms with Crippen LogP contribution in [-0.4, -0.2) is 69.5 Å². The quantitative estimate of drug-likeness (QED) is 0.397. The molecular weight excluding hydrogens is 306 g/mol. The van der Waals surface area contributed by atoms with Crippen LogP contribution in [0.1, 0.15) is 10.4 Å². The molecule has 1 aliphatic rings. The Balaban J connectivity index is 2.24. The van der Waals surface area contributed by atoms with Crippen LogP contribution >= 0.6 is 11.6 Å². The van der Waals surface area contributed by atoms with Gasteiger partial charge in [0.1, 0.15) is 41.2 Å². The number of carbonyl (C=O) groups is 1. The molecule has 0 bridgehead atoms. The monoisotopic (exact) mass is 319 g/mol. The summed E-state index contributed by atoms with van der Waals surface area (Å²) < 4.78 is 9.81. The van der Waals surface area contributed by atoms with Gasteiger partial charge < -0.3 is 30.1 Å². The lowest BCUT2D eigenvalue weighted by atomic mass is 10.1. The fourth-order valence-corrected chi connectivity index (χ4v) is 2.12. The van der Waals surface area contributed by atoms with E-state index in [-0.39, 0.29) is 16.5 Å². The lowest BCUT2D eigenvalue weighted by Crippen LogP contribution is -2.37. The molecule has 1 aromatic heterocycles. The smallest absolute Gasteiger partial charge is 0.344 e. The van der Waals surface area contributed by atoms with Gasteiger partial charge in [0.15, 0.2) is 6.23 Å². The summed E-state index contributed by atoms with van der Waals surface area (Å²) in [5.41, 5.74) is -0.126. The van der Waals surface area contributed by atoms with Crippen LogP contribution in [-0.2, 0) is 9.47 Å². The van der Waals surface area contributed by atoms with Crippen LogP contribution < -0.4 is 5.32 Å². The first-order chi connectivity index (χ1) is 9.99. The molecular formula is C11H14ClN3O6. The SMILES string of the molecule is COC(=O)c1c(Cl)ncnc1NC1O[C@H](CO)[C@@H](O)[C@H]1O. The first-order valence-corrected chi connectivity index (χ1v) is 6.35. The number of nitrogens with zero attached hydrogens (tertiary/aromatic N) is 2. The molecule has 1 aliphatic heterocycles. The van der Waals surface area contributed by atoms with E-state index in [1.54, 1.807) is 0 Å². The molecule has 2 rings (SSSR count). The predicted octanol–water partition coefficient (Wildman–Crippen LogP) is -1.23. The van der Waals surface area contributed by atoms with Crippen molar-refractivity contribution in [3.63, 3.8) is 0 Å². The number of ether oxygens (including phenoxy) is 2. The van der Waals surface area contributed by atoms with Crippen LogP contribution in [0.4, 0.5) is 5.82 Å². The van der Waals surface area contributed by atoms with Crippen molar-refractivity contribution in [1.82, 2.24) is 9.97 Å². The molecule has 4 atom stereocenters. The molecule has 0 saturated carbocycles. The van der Waals surface area contributed by atoms with Gasteiger partial charge in [0.05, 0.1) is 13.7 Å². The van der Waals surface area contributed by atoms with E-state index in [0.29, 0.717) is 0 Å². The number of rotatable bonds is 4. The number of methoxy groups -OCH3 is 1. The number of aliphatic hydroxyl groups excluding tert-OH is 3. The molecule has 21 heavy (non-hydrogen) atoms. The Morgan fingerprint density at radius 1 is 1.48 bits per heavy atom. The van der Waals surface area contributed by atoms with Crippen molar-refractivity contribution < 1.29 is 29.6 Å². The molecule has 1 unspecified atom stereocenters. The van der Waals surface area contributed by atoms with Gasteiger partial charge in [0.25, 0.3) is 0 Å². The highest BCUT2D eigenvalue weighted by atomic mass is 35.5. The van der Waals surface area contributed by atoms with Crippen LogP contribution in [0.2, 0.25) is 5.15 Å². The van der Waals surface area contributed by atoms with Gasteiger partial charge >= 0.3 is 5.97 Å². The molecule has 1 fully saturated rings. The van der Waals surface area contributed by atoms with Gasteiger partial charge in [-0.15, -0.1) is 0 Å². The minimum absolute atomic E-state index is 0.0170. The van der Waals surface area contributed by atoms with Gasteiger partial charge in [-0.1, -0.05) is 11.6 Å². The summed E-state index contributed by atoms with van der Waals surface area (Å²) in [5.74, 6) is -0.786. The summed E-state index contributed by atoms with van der Waals surface area (Å²) in [6.07, 6.45) is -3.51. The fraction of sp³-hybridized carbons (Fsp3) is 0.545. The second-order valence-corrected chi connectivity index (χ2v) is 4.64. The Hall–Kier alpha value is -1.52. The van der Waals surface area contributed by atoms with Crippen molar-refractivity contribution in [2.75, 3.05) is 19.0 Å². The molecule has 10 heteroatoms. The van der Waals surface area contributed by atoms with Crippen LogP contribution in [0.15, 0.2) is 6.33 Å². The van der Waals surface area contributed by atoms with Crippen LogP contribution in [0.5, 0.6) is 0 Å². The lowest BCUT2D eigenvalue weighted by Gasteiger charge is -2.18. The highest BCUT2D eigenvalue weighted by molar-refractivity contribution is 6.33. The maximum atomic E-state index is 11.7. The van der Waals surface area contributed by atoms with Crippen molar-refractivity contribution in [1.29, 1.82) is 0 Å². The summed E-state index contributed by atoms with van der Waals surface area (Å²) in [5, 5.41) is 31.0. The number of anilines is 1. The van der Waals surface area contributed by atoms with Crippen molar-refractivity contribution in [2.24, 2.45) is 0 Å². The summed E-state index contributed by atoms with van der Waals surface area (Å²) >= 11 is 5.82. The van der Waals surface area contributed by atoms with Crippen LogP contribution in [0.3, 0.4) is 0 Å². The zero-order valence-corrected chi connectivity index (χ0v) is 11.7. The van der Waals surface area contributed by atoms with E-state index >= 15 is 0 Å². The third-order valence-electron chi connectivity index (χ3n) is 3.01. The van der Waals surface area contributed by atoms with E-state index in [4.69, 9.17) is 21.4 Å². The Morgan fingerprint density at radius 3 is 2.76 bits per heavy atom. The molecule has 0 aliphatic carbocycles. The zero-order valence-electron chi connectivity index (χ0n) is 10.9. The Bertz CT molecular complexity index is 531. The Labute approximate surface area is 124 Å². The van der Waals surface area contributed by atoms with Gasteiger partial charge in [-0.2, -0.15) is 0 Å². The summed E-state index contributed by atoms with van der Waals surface area (Å²) in [6.45, 7) is -0.467. The summed E-state index contributed by atoms with van der Waals surface area (Å²) in [4.78, 5) is 19.2. The van der Waals surface area contributed by atoms with Gasteiger partial charge in [-0.05, 0) is 0 Å². The molecule has 1 saturated heterocycles. The number of aromatic nitrogens is 2. The molecule has 0 spiro atoms. The minimum Gasteiger partial charge on any atom is -0.465 e. The average molecular weight is 320 g/mol. The maximum Gasteiger partial charge on any atom is 0.344 e. The Kier molecular flexibility index (Phi) is 4.91. The standard InChI is InChI=1S/C11H14ClN3O6/c1-20-11(19)5-8(12)13-3-14-9(5)15-10-7(18)6(17)4(2-16)21-10/h3-4,6-7,10,16-18H,2H2,1H3,(H,13,14,15)/t4-,6-,7-,10?/m1/s1. The van der Waals surface area contributed by atoms with E-state index in [2.05, 4.69) is 20.0 Å². The fourth-order valence-electron chi connectivity index (χ4n) is 1.91. The maximum absolute atomic E-state index is 11.7. The zero-order chi connectivity index (χ0) is 15.6. The van der Waals surface area contributed by atoms with E-state index in [0.717, 1.165) is 6.33 Å². The van der Waals surface area contributed by atoms with Gasteiger partial charge in [0.2, 0.25) is 0 Å². The number of nitrogens with one attached hydrogen (secondary N) is 1. The second kappa shape index (κ2) is 6.50. The first kappa shape index (κ1) is 15.9. The number of halogens is 1. The van der Waals surface area contributed by atoms with Gasteiger partial charge in [-0.3, -0.25) is 0 Å². The molecule has 0 aromatic carbocycles. The highest BCUT2D eigenvalue weighted by Gasteiger charge is 2.43. The molecule has 0 radical (unpaired) electrons. The van der Waals surface area contributed by atoms with E-state index in [1.807, 2.05) is 0 Å². The largest absolute Gasteiger partial charge is 0.465 e. The normalized spacial score (nSPS) is 28.4. The molecule has 1 aromatic rings. The summed E-state index contributed by atoms with van der Waals surface area (Å²) in [7, 11) is 1.17. The summed E-state index contributed by atoms with van der Waals surface area (Å²) in [6, 6.07) is 0. The van der Waals surface area contributed by atoms with Crippen LogP contribution in [0.25, 0.3) is 0 Å². The average Bonchev–Trinajstić information content (AvgIpc) is 2.74. The molecule has 2 heterocycles. The van der Waals surface area contributed by atoms with E-state index in [1.165, 1.54) is 7.11 Å². The predicted molar refractivity (Wildman–Crippen MR) is 69.8 cm³/mol. The van der Waals surface area contributed by atoms with Crippen LogP contribution in [0, 0.1) is 0 Å². The highest BCUT2D eigenvalue weighted by Crippen LogP contribution is 2.26. The second-order valence-electron chi connectivity index (χ2n) is 4.28. The number of carbonyl (C=O) groups excluding carboxylic acids is 1. The first-order valence-electron chi connectivity index (χ1n) is 5.97. The molecule has 4 N–H and O–H groups in total. The lowest BCUT2D eigenvalue weighted by molar-refractivity contribution is -0.0154. The number of aliphatic hydroxyl groups is 3. The van der Waals surface area contributed by atoms with Crippen molar-refractivity contribution >= 4 is 23.4 Å². The van der Waals surface area contributed by atoms with Crippen molar-refractivity contribution in [3.05, 3.63) is 17.0 Å². The Morgan fingerprint density at radius 2 is 2.19 bits per heavy atom.